The van der Waals surface area contributed by atoms with Gasteiger partial charge in [-0.3, -0.25) is 14.4 Å². The number of benzene rings is 1. The van der Waals surface area contributed by atoms with Crippen LogP contribution in [0.25, 0.3) is 0 Å². The maximum absolute atomic E-state index is 12.7. The first-order valence-corrected chi connectivity index (χ1v) is 11.3. The molecule has 2 atom stereocenters. The Kier molecular flexibility index (Phi) is 11.8. The average Bonchev–Trinajstić information content (AvgIpc) is 2.81. The van der Waals surface area contributed by atoms with Crippen molar-refractivity contribution >= 4 is 17.8 Å². The third kappa shape index (κ3) is 9.98. The van der Waals surface area contributed by atoms with Gasteiger partial charge in [0.1, 0.15) is 18.0 Å². The zero-order valence-electron chi connectivity index (χ0n) is 21.4. The highest BCUT2D eigenvalue weighted by atomic mass is 19.4. The fourth-order valence-electron chi connectivity index (χ4n) is 3.04. The van der Waals surface area contributed by atoms with E-state index >= 15 is 0 Å². The van der Waals surface area contributed by atoms with Gasteiger partial charge in [-0.25, -0.2) is 4.98 Å². The molecule has 0 saturated heterocycles. The summed E-state index contributed by atoms with van der Waals surface area (Å²) in [5.41, 5.74) is 4.16. The number of carbonyl (C=O) groups excluding carboxylic acids is 3. The molecule has 1 heterocycles. The van der Waals surface area contributed by atoms with Crippen molar-refractivity contribution < 1.29 is 46.5 Å². The van der Waals surface area contributed by atoms with Crippen LogP contribution < -0.4 is 19.9 Å². The fourth-order valence-corrected chi connectivity index (χ4v) is 3.04. The van der Waals surface area contributed by atoms with E-state index in [-0.39, 0.29) is 41.3 Å². The first-order valence-electron chi connectivity index (χ1n) is 11.3. The topological polar surface area (TPSA) is 127 Å². The number of ether oxygens (including phenoxy) is 4. The molecule has 2 aromatic rings. The molecular formula is C25H31F3N2O7. The molecule has 2 rings (SSSR count). The maximum Gasteiger partial charge on any atom is 0.416 e. The SMILES string of the molecule is CCC(=O)OC(C)C(Oc1cccc(C(F)(F)F)c1)C(C)C.COc1ccnc(C(N)=O)c1OC(C)=O. The molecule has 204 valence electrons. The van der Waals surface area contributed by atoms with E-state index in [1.807, 2.05) is 13.8 Å². The van der Waals surface area contributed by atoms with Crippen LogP contribution in [-0.4, -0.2) is 42.1 Å². The van der Waals surface area contributed by atoms with Crippen LogP contribution in [0.5, 0.6) is 17.2 Å². The summed E-state index contributed by atoms with van der Waals surface area (Å²) in [5.74, 6) is -1.49. The molecule has 0 aliphatic heterocycles. The molecule has 0 aliphatic carbocycles. The Bertz CT molecular complexity index is 1070. The lowest BCUT2D eigenvalue weighted by Gasteiger charge is -2.28. The molecule has 1 amide bonds. The summed E-state index contributed by atoms with van der Waals surface area (Å²) >= 11 is 0. The summed E-state index contributed by atoms with van der Waals surface area (Å²) < 4.78 is 58.7. The summed E-state index contributed by atoms with van der Waals surface area (Å²) in [7, 11) is 1.38. The van der Waals surface area contributed by atoms with Crippen LogP contribution in [0.1, 0.15) is 57.1 Å². The standard InChI is InChI=1S/C16H21F3O3.C9H10N2O4/c1-5-14(20)21-11(4)15(10(2)3)22-13-8-6-7-12(9-13)16(17,18)19;1-5(12)15-8-6(14-2)3-4-11-7(8)9(10)13/h6-11,15H,5H2,1-4H3;3-4H,1-2H3,(H2,10,13). The van der Waals surface area contributed by atoms with Crippen LogP contribution in [0.3, 0.4) is 0 Å². The lowest BCUT2D eigenvalue weighted by molar-refractivity contribution is -0.153. The van der Waals surface area contributed by atoms with Crippen molar-refractivity contribution in [1.82, 2.24) is 4.98 Å². The van der Waals surface area contributed by atoms with Gasteiger partial charge in [-0.2, -0.15) is 13.2 Å². The van der Waals surface area contributed by atoms with Gasteiger partial charge in [-0.05, 0) is 31.0 Å². The summed E-state index contributed by atoms with van der Waals surface area (Å²) in [5, 5.41) is 0. The number of nitrogens with zero attached hydrogens (tertiary/aromatic N) is 1. The van der Waals surface area contributed by atoms with Gasteiger partial charge >= 0.3 is 18.1 Å². The lowest BCUT2D eigenvalue weighted by Crippen LogP contribution is -2.37. The third-order valence-corrected chi connectivity index (χ3v) is 4.73. The van der Waals surface area contributed by atoms with Gasteiger partial charge in [0.25, 0.3) is 5.91 Å². The van der Waals surface area contributed by atoms with Gasteiger partial charge < -0.3 is 24.7 Å². The van der Waals surface area contributed by atoms with Crippen molar-refractivity contribution in [3.8, 4) is 17.2 Å². The number of amides is 1. The molecule has 9 nitrogen and oxygen atoms in total. The van der Waals surface area contributed by atoms with Crippen LogP contribution in [0, 0.1) is 5.92 Å². The molecule has 1 aromatic carbocycles. The Morgan fingerprint density at radius 1 is 1.11 bits per heavy atom. The number of rotatable bonds is 9. The third-order valence-electron chi connectivity index (χ3n) is 4.73. The molecule has 0 bridgehead atoms. The highest BCUT2D eigenvalue weighted by molar-refractivity contribution is 5.95. The smallest absolute Gasteiger partial charge is 0.416 e. The summed E-state index contributed by atoms with van der Waals surface area (Å²) in [6.07, 6.45) is -3.93. The molecule has 0 aliphatic rings. The van der Waals surface area contributed by atoms with E-state index in [2.05, 4.69) is 4.98 Å². The zero-order chi connectivity index (χ0) is 28.3. The van der Waals surface area contributed by atoms with Crippen molar-refractivity contribution in [1.29, 1.82) is 0 Å². The van der Waals surface area contributed by atoms with E-state index in [1.165, 1.54) is 38.4 Å². The predicted molar refractivity (Wildman–Crippen MR) is 127 cm³/mol. The Morgan fingerprint density at radius 3 is 2.24 bits per heavy atom. The molecule has 0 radical (unpaired) electrons. The largest absolute Gasteiger partial charge is 0.493 e. The molecule has 2 N–H and O–H groups in total. The van der Waals surface area contributed by atoms with Crippen molar-refractivity contribution in [2.75, 3.05) is 7.11 Å². The summed E-state index contributed by atoms with van der Waals surface area (Å²) in [6, 6.07) is 6.14. The molecule has 0 saturated carbocycles. The minimum atomic E-state index is -4.42. The van der Waals surface area contributed by atoms with Gasteiger partial charge in [-0.15, -0.1) is 0 Å². The number of nitrogens with two attached hydrogens (primary N) is 1. The number of hydrogen-bond acceptors (Lipinski definition) is 8. The van der Waals surface area contributed by atoms with E-state index in [9.17, 15) is 27.6 Å². The molecule has 0 spiro atoms. The van der Waals surface area contributed by atoms with Gasteiger partial charge in [0.15, 0.2) is 11.4 Å². The maximum atomic E-state index is 12.7. The van der Waals surface area contributed by atoms with Gasteiger partial charge in [0.2, 0.25) is 5.75 Å². The Labute approximate surface area is 213 Å². The quantitative estimate of drug-likeness (QED) is 0.469. The van der Waals surface area contributed by atoms with Crippen LogP contribution in [0.4, 0.5) is 13.2 Å². The Morgan fingerprint density at radius 2 is 1.76 bits per heavy atom. The van der Waals surface area contributed by atoms with Gasteiger partial charge in [0, 0.05) is 25.6 Å². The number of alkyl halides is 3. The number of carbonyl (C=O) groups is 3. The zero-order valence-corrected chi connectivity index (χ0v) is 21.4. The molecule has 2 unspecified atom stereocenters. The number of halogens is 3. The van der Waals surface area contributed by atoms with Gasteiger partial charge in [0.05, 0.1) is 12.7 Å². The van der Waals surface area contributed by atoms with E-state index in [0.29, 0.717) is 0 Å². The van der Waals surface area contributed by atoms with Crippen molar-refractivity contribution in [2.45, 2.75) is 59.4 Å². The predicted octanol–water partition coefficient (Wildman–Crippen LogP) is 4.56. The summed E-state index contributed by atoms with van der Waals surface area (Å²) in [6.45, 7) is 8.26. The highest BCUT2D eigenvalue weighted by Crippen LogP contribution is 2.32. The Hall–Kier alpha value is -3.83. The molecular weight excluding hydrogens is 497 g/mol. The Balaban J connectivity index is 0.000000397. The lowest BCUT2D eigenvalue weighted by atomic mass is 10.0. The average molecular weight is 529 g/mol. The van der Waals surface area contributed by atoms with Crippen molar-refractivity contribution in [3.63, 3.8) is 0 Å². The fraction of sp³-hybridized carbons (Fsp3) is 0.440. The number of hydrogen-bond donors (Lipinski definition) is 1. The van der Waals surface area contributed by atoms with E-state index < -0.39 is 35.8 Å². The van der Waals surface area contributed by atoms with Crippen molar-refractivity contribution in [3.05, 3.63) is 47.8 Å². The van der Waals surface area contributed by atoms with E-state index in [1.54, 1.807) is 13.8 Å². The molecule has 12 heteroatoms. The first-order chi connectivity index (χ1) is 17.2. The number of primary amides is 1. The number of aromatic nitrogens is 1. The minimum absolute atomic E-state index is 0.0331. The second-order valence-electron chi connectivity index (χ2n) is 8.05. The summed E-state index contributed by atoms with van der Waals surface area (Å²) in [4.78, 5) is 36.9. The van der Waals surface area contributed by atoms with Crippen LogP contribution >= 0.6 is 0 Å². The molecule has 37 heavy (non-hydrogen) atoms. The number of pyridine rings is 1. The molecule has 1 aromatic heterocycles. The van der Waals surface area contributed by atoms with Crippen molar-refractivity contribution in [2.24, 2.45) is 11.7 Å². The van der Waals surface area contributed by atoms with E-state index in [4.69, 9.17) is 24.7 Å². The normalized spacial score (nSPS) is 12.5. The molecule has 0 fully saturated rings. The van der Waals surface area contributed by atoms with Gasteiger partial charge in [-0.1, -0.05) is 26.8 Å². The minimum Gasteiger partial charge on any atom is -0.493 e. The van der Waals surface area contributed by atoms with Crippen LogP contribution in [0.15, 0.2) is 36.5 Å². The second kappa shape index (κ2) is 14.0. The second-order valence-corrected chi connectivity index (χ2v) is 8.05. The van der Waals surface area contributed by atoms with Crippen LogP contribution in [-0.2, 0) is 20.5 Å². The highest BCUT2D eigenvalue weighted by Gasteiger charge is 2.31. The number of methoxy groups -OCH3 is 1. The monoisotopic (exact) mass is 528 g/mol. The van der Waals surface area contributed by atoms with Crippen LogP contribution in [0.2, 0.25) is 0 Å². The number of esters is 2. The first kappa shape index (κ1) is 31.2. The van der Waals surface area contributed by atoms with E-state index in [0.717, 1.165) is 12.1 Å².